The van der Waals surface area contributed by atoms with Crippen molar-refractivity contribution in [3.8, 4) is 0 Å². The second-order valence-electron chi connectivity index (χ2n) is 4.67. The van der Waals surface area contributed by atoms with Gasteiger partial charge in [0, 0.05) is 6.61 Å². The molecule has 1 fully saturated rings. The lowest BCUT2D eigenvalue weighted by Gasteiger charge is -2.18. The molecule has 100 valence electrons. The SMILES string of the molecule is ClC(c1ccccc1)c1nnc(C2CCCOC2)o1. The van der Waals surface area contributed by atoms with Gasteiger partial charge in [-0.25, -0.2) is 0 Å². The Kier molecular flexibility index (Phi) is 3.80. The van der Waals surface area contributed by atoms with Crippen LogP contribution in [0.5, 0.6) is 0 Å². The first-order valence-corrected chi connectivity index (χ1v) is 6.88. The molecule has 2 heterocycles. The van der Waals surface area contributed by atoms with Crippen LogP contribution >= 0.6 is 11.6 Å². The lowest BCUT2D eigenvalue weighted by atomic mass is 10.0. The van der Waals surface area contributed by atoms with Gasteiger partial charge in [0.2, 0.25) is 11.8 Å². The van der Waals surface area contributed by atoms with E-state index in [1.54, 1.807) is 0 Å². The summed E-state index contributed by atoms with van der Waals surface area (Å²) in [6, 6.07) is 9.73. The van der Waals surface area contributed by atoms with Crippen molar-refractivity contribution >= 4 is 11.6 Å². The summed E-state index contributed by atoms with van der Waals surface area (Å²) in [5.74, 6) is 1.29. The fraction of sp³-hybridized carbons (Fsp3) is 0.429. The zero-order chi connectivity index (χ0) is 13.1. The molecule has 1 aliphatic rings. The van der Waals surface area contributed by atoms with Crippen LogP contribution in [0.25, 0.3) is 0 Å². The minimum absolute atomic E-state index is 0.203. The van der Waals surface area contributed by atoms with Gasteiger partial charge in [-0.15, -0.1) is 21.8 Å². The third-order valence-corrected chi connectivity index (χ3v) is 3.71. The highest BCUT2D eigenvalue weighted by atomic mass is 35.5. The summed E-state index contributed by atoms with van der Waals surface area (Å²) in [6.07, 6.45) is 2.06. The van der Waals surface area contributed by atoms with Crippen LogP contribution in [0.1, 0.15) is 41.5 Å². The number of benzene rings is 1. The predicted molar refractivity (Wildman–Crippen MR) is 71.2 cm³/mol. The second-order valence-corrected chi connectivity index (χ2v) is 5.10. The van der Waals surface area contributed by atoms with Crippen LogP contribution in [0.15, 0.2) is 34.7 Å². The molecule has 5 heteroatoms. The van der Waals surface area contributed by atoms with Crippen LogP contribution in [0, 0.1) is 0 Å². The van der Waals surface area contributed by atoms with E-state index >= 15 is 0 Å². The van der Waals surface area contributed by atoms with Gasteiger partial charge in [0.15, 0.2) is 0 Å². The predicted octanol–water partition coefficient (Wildman–Crippen LogP) is 3.29. The smallest absolute Gasteiger partial charge is 0.238 e. The zero-order valence-corrected chi connectivity index (χ0v) is 11.2. The molecular formula is C14H15ClN2O2. The van der Waals surface area contributed by atoms with Gasteiger partial charge in [0.25, 0.3) is 0 Å². The molecule has 1 saturated heterocycles. The van der Waals surface area contributed by atoms with Crippen molar-refractivity contribution in [2.45, 2.75) is 24.1 Å². The van der Waals surface area contributed by atoms with E-state index in [1.807, 2.05) is 30.3 Å². The van der Waals surface area contributed by atoms with Crippen molar-refractivity contribution in [2.24, 2.45) is 0 Å². The largest absolute Gasteiger partial charge is 0.423 e. The summed E-state index contributed by atoms with van der Waals surface area (Å²) in [5.41, 5.74) is 0.958. The first-order valence-electron chi connectivity index (χ1n) is 6.44. The van der Waals surface area contributed by atoms with Crippen molar-refractivity contribution in [2.75, 3.05) is 13.2 Å². The quantitative estimate of drug-likeness (QED) is 0.809. The number of aromatic nitrogens is 2. The molecule has 2 aromatic rings. The van der Waals surface area contributed by atoms with Gasteiger partial charge in [-0.3, -0.25) is 0 Å². The summed E-state index contributed by atoms with van der Waals surface area (Å²) < 4.78 is 11.1. The molecule has 3 rings (SSSR count). The lowest BCUT2D eigenvalue weighted by molar-refractivity contribution is 0.0722. The highest BCUT2D eigenvalue weighted by molar-refractivity contribution is 6.22. The topological polar surface area (TPSA) is 48.2 Å². The van der Waals surface area contributed by atoms with Crippen molar-refractivity contribution in [1.82, 2.24) is 10.2 Å². The van der Waals surface area contributed by atoms with Gasteiger partial charge >= 0.3 is 0 Å². The molecule has 1 aliphatic heterocycles. The van der Waals surface area contributed by atoms with Gasteiger partial charge in [-0.05, 0) is 18.4 Å². The van der Waals surface area contributed by atoms with Crippen LogP contribution in [0.4, 0.5) is 0 Å². The molecule has 0 bridgehead atoms. The fourth-order valence-corrected chi connectivity index (χ4v) is 2.45. The Labute approximate surface area is 116 Å². The van der Waals surface area contributed by atoms with Gasteiger partial charge < -0.3 is 9.15 Å². The standard InChI is InChI=1S/C14H15ClN2O2/c15-12(10-5-2-1-3-6-10)14-17-16-13(19-14)11-7-4-8-18-9-11/h1-3,5-6,11-12H,4,7-9H2. The summed E-state index contributed by atoms with van der Waals surface area (Å²) in [5, 5.41) is 7.77. The molecule has 2 unspecified atom stereocenters. The monoisotopic (exact) mass is 278 g/mol. The Morgan fingerprint density at radius 3 is 2.79 bits per heavy atom. The maximum Gasteiger partial charge on any atom is 0.238 e. The van der Waals surface area contributed by atoms with Crippen LogP contribution in [-0.2, 0) is 4.74 Å². The van der Waals surface area contributed by atoms with Gasteiger partial charge in [-0.2, -0.15) is 0 Å². The Balaban J connectivity index is 1.77. The molecule has 1 aromatic heterocycles. The number of halogens is 1. The number of nitrogens with zero attached hydrogens (tertiary/aromatic N) is 2. The first-order chi connectivity index (χ1) is 9.34. The van der Waals surface area contributed by atoms with Gasteiger partial charge in [-0.1, -0.05) is 30.3 Å². The Hall–Kier alpha value is -1.39. The Bertz CT molecular complexity index is 523. The minimum atomic E-state index is -0.396. The fourth-order valence-electron chi connectivity index (χ4n) is 2.21. The molecule has 0 radical (unpaired) electrons. The van der Waals surface area contributed by atoms with Gasteiger partial charge in [0.1, 0.15) is 5.38 Å². The van der Waals surface area contributed by atoms with Crippen molar-refractivity contribution in [1.29, 1.82) is 0 Å². The van der Waals surface area contributed by atoms with E-state index in [0.717, 1.165) is 25.0 Å². The van der Waals surface area contributed by atoms with Crippen molar-refractivity contribution in [3.05, 3.63) is 47.7 Å². The molecule has 1 aromatic carbocycles. The van der Waals surface area contributed by atoms with E-state index < -0.39 is 5.38 Å². The van der Waals surface area contributed by atoms with Crippen LogP contribution in [0.2, 0.25) is 0 Å². The van der Waals surface area contributed by atoms with E-state index in [2.05, 4.69) is 10.2 Å². The number of ether oxygens (including phenoxy) is 1. The number of hydrogen-bond acceptors (Lipinski definition) is 4. The molecule has 19 heavy (non-hydrogen) atoms. The van der Waals surface area contributed by atoms with Crippen LogP contribution < -0.4 is 0 Å². The summed E-state index contributed by atoms with van der Waals surface area (Å²) in [7, 11) is 0. The maximum atomic E-state index is 6.36. The number of alkyl halides is 1. The van der Waals surface area contributed by atoms with Crippen molar-refractivity contribution < 1.29 is 9.15 Å². The number of rotatable bonds is 3. The average Bonchev–Trinajstić information content (AvgIpc) is 2.98. The van der Waals surface area contributed by atoms with E-state index in [9.17, 15) is 0 Å². The van der Waals surface area contributed by atoms with E-state index in [4.69, 9.17) is 20.8 Å². The lowest BCUT2D eigenvalue weighted by Crippen LogP contribution is -2.15. The summed E-state index contributed by atoms with van der Waals surface area (Å²) in [4.78, 5) is 0. The van der Waals surface area contributed by atoms with E-state index in [-0.39, 0.29) is 5.92 Å². The molecule has 0 saturated carbocycles. The Morgan fingerprint density at radius 2 is 2.05 bits per heavy atom. The van der Waals surface area contributed by atoms with Crippen LogP contribution in [0.3, 0.4) is 0 Å². The number of hydrogen-bond donors (Lipinski definition) is 0. The van der Waals surface area contributed by atoms with Crippen LogP contribution in [-0.4, -0.2) is 23.4 Å². The molecular weight excluding hydrogens is 264 g/mol. The minimum Gasteiger partial charge on any atom is -0.423 e. The highest BCUT2D eigenvalue weighted by Gasteiger charge is 2.24. The summed E-state index contributed by atoms with van der Waals surface area (Å²) >= 11 is 6.36. The molecule has 2 atom stereocenters. The zero-order valence-electron chi connectivity index (χ0n) is 10.5. The molecule has 4 nitrogen and oxygen atoms in total. The molecule has 0 N–H and O–H groups in total. The molecule has 0 amide bonds. The average molecular weight is 279 g/mol. The summed E-state index contributed by atoms with van der Waals surface area (Å²) in [6.45, 7) is 1.47. The first kappa shape index (κ1) is 12.6. The van der Waals surface area contributed by atoms with Crippen molar-refractivity contribution in [3.63, 3.8) is 0 Å². The molecule has 0 spiro atoms. The third-order valence-electron chi connectivity index (χ3n) is 3.27. The maximum absolute atomic E-state index is 6.36. The normalized spacial score (nSPS) is 21.2. The second kappa shape index (κ2) is 5.72. The Morgan fingerprint density at radius 1 is 1.21 bits per heavy atom. The molecule has 0 aliphatic carbocycles. The van der Waals surface area contributed by atoms with E-state index in [1.165, 1.54) is 0 Å². The highest BCUT2D eigenvalue weighted by Crippen LogP contribution is 2.30. The third kappa shape index (κ3) is 2.80. The van der Waals surface area contributed by atoms with Gasteiger partial charge in [0.05, 0.1) is 12.5 Å². The van der Waals surface area contributed by atoms with E-state index in [0.29, 0.717) is 18.4 Å².